The van der Waals surface area contributed by atoms with Gasteiger partial charge in [0.25, 0.3) is 5.79 Å². The molecule has 8 nitrogen and oxygen atoms in total. The lowest BCUT2D eigenvalue weighted by Gasteiger charge is -2.30. The van der Waals surface area contributed by atoms with Crippen LogP contribution in [0.1, 0.15) is 20.8 Å². The molecule has 0 aromatic heterocycles. The summed E-state index contributed by atoms with van der Waals surface area (Å²) >= 11 is 0. The molecule has 0 unspecified atom stereocenters. The zero-order chi connectivity index (χ0) is 13.8. The number of esters is 2. The highest BCUT2D eigenvalue weighted by Gasteiger charge is 2.50. The molecule has 0 amide bonds. The van der Waals surface area contributed by atoms with Crippen molar-refractivity contribution in [2.75, 3.05) is 0 Å². The molecule has 0 fully saturated rings. The Morgan fingerprint density at radius 1 is 0.941 bits per heavy atom. The van der Waals surface area contributed by atoms with Crippen LogP contribution in [-0.4, -0.2) is 39.9 Å². The second-order valence-corrected chi connectivity index (χ2v) is 3.31. The highest BCUT2D eigenvalue weighted by molar-refractivity contribution is 5.94. The summed E-state index contributed by atoms with van der Waals surface area (Å²) in [4.78, 5) is 43.2. The van der Waals surface area contributed by atoms with Gasteiger partial charge in [-0.2, -0.15) is 0 Å². The normalized spacial score (nSPS) is 10.8. The summed E-state index contributed by atoms with van der Waals surface area (Å²) in [5, 5.41) is 17.5. The maximum Gasteiger partial charge on any atom is 0.326 e. The molecular weight excluding hydrogens is 236 g/mol. The largest absolute Gasteiger partial charge is 0.480 e. The van der Waals surface area contributed by atoms with E-state index in [1.54, 1.807) is 0 Å². The molecule has 96 valence electrons. The van der Waals surface area contributed by atoms with Crippen LogP contribution in [0.2, 0.25) is 0 Å². The summed E-state index contributed by atoms with van der Waals surface area (Å²) in [6.07, 6.45) is 0. The monoisotopic (exact) mass is 248 g/mol. The van der Waals surface area contributed by atoms with Crippen LogP contribution in [-0.2, 0) is 28.7 Å². The summed E-state index contributed by atoms with van der Waals surface area (Å²) in [6, 6.07) is 0. The van der Waals surface area contributed by atoms with Gasteiger partial charge in [-0.05, 0) is 0 Å². The van der Waals surface area contributed by atoms with Gasteiger partial charge in [-0.3, -0.25) is 19.2 Å². The summed E-state index contributed by atoms with van der Waals surface area (Å²) in [7, 11) is 0. The molecule has 0 aromatic carbocycles. The second-order valence-electron chi connectivity index (χ2n) is 3.31. The molecular formula is C9H12O8. The molecule has 8 heteroatoms. The van der Waals surface area contributed by atoms with Crippen LogP contribution in [0, 0.1) is 5.92 Å². The minimum absolute atomic E-state index is 0.892. The Hall–Kier alpha value is -2.12. The fraction of sp³-hybridized carbons (Fsp3) is 0.556. The first-order valence-corrected chi connectivity index (χ1v) is 4.45. The predicted octanol–water partition coefficient (Wildman–Crippen LogP) is -0.386. The molecule has 17 heavy (non-hydrogen) atoms. The van der Waals surface area contributed by atoms with E-state index >= 15 is 0 Å². The number of carbonyl (C=O) groups is 4. The zero-order valence-corrected chi connectivity index (χ0v) is 9.42. The lowest BCUT2D eigenvalue weighted by molar-refractivity contribution is -0.239. The molecule has 0 aliphatic rings. The van der Waals surface area contributed by atoms with Gasteiger partial charge in [0.1, 0.15) is 0 Å². The molecule has 0 rings (SSSR count). The number of rotatable bonds is 5. The van der Waals surface area contributed by atoms with Gasteiger partial charge in [0, 0.05) is 20.8 Å². The maximum absolute atomic E-state index is 10.8. The van der Waals surface area contributed by atoms with Crippen LogP contribution in [0.4, 0.5) is 0 Å². The highest BCUT2D eigenvalue weighted by atomic mass is 16.7. The van der Waals surface area contributed by atoms with E-state index in [1.165, 1.54) is 0 Å². The van der Waals surface area contributed by atoms with Gasteiger partial charge in [-0.25, -0.2) is 0 Å². The van der Waals surface area contributed by atoms with Crippen molar-refractivity contribution < 1.29 is 38.9 Å². The number of carboxylic acid groups (broad SMARTS) is 2. The van der Waals surface area contributed by atoms with E-state index in [4.69, 9.17) is 10.2 Å². The summed E-state index contributed by atoms with van der Waals surface area (Å²) < 4.78 is 8.98. The number of carboxylic acids is 2. The van der Waals surface area contributed by atoms with Gasteiger partial charge in [-0.1, -0.05) is 0 Å². The molecule has 0 aromatic rings. The molecule has 0 saturated heterocycles. The van der Waals surface area contributed by atoms with Crippen molar-refractivity contribution in [3.63, 3.8) is 0 Å². The Morgan fingerprint density at radius 2 is 1.24 bits per heavy atom. The van der Waals surface area contributed by atoms with Gasteiger partial charge >= 0.3 is 23.9 Å². The van der Waals surface area contributed by atoms with Crippen LogP contribution < -0.4 is 0 Å². The predicted molar refractivity (Wildman–Crippen MR) is 50.7 cm³/mol. The van der Waals surface area contributed by atoms with E-state index in [2.05, 4.69) is 9.47 Å². The highest BCUT2D eigenvalue weighted by Crippen LogP contribution is 2.25. The molecule has 0 saturated carbocycles. The minimum atomic E-state index is -2.39. The molecule has 0 aliphatic carbocycles. The van der Waals surface area contributed by atoms with Gasteiger partial charge in [0.2, 0.25) is 5.92 Å². The van der Waals surface area contributed by atoms with Crippen molar-refractivity contribution in [3.8, 4) is 0 Å². The lowest BCUT2D eigenvalue weighted by Crippen LogP contribution is -2.50. The Labute approximate surface area is 96.1 Å². The van der Waals surface area contributed by atoms with Crippen LogP contribution in [0.15, 0.2) is 0 Å². The van der Waals surface area contributed by atoms with E-state index in [1.807, 2.05) is 0 Å². The quantitative estimate of drug-likeness (QED) is 0.382. The third-order valence-electron chi connectivity index (χ3n) is 1.71. The molecule has 0 atom stereocenters. The zero-order valence-electron chi connectivity index (χ0n) is 9.42. The van der Waals surface area contributed by atoms with Gasteiger partial charge in [0.15, 0.2) is 0 Å². The SMILES string of the molecule is CC(=O)OC(C)(OC(C)=O)C(C(=O)O)C(=O)O. The summed E-state index contributed by atoms with van der Waals surface area (Å²) in [6.45, 7) is 2.76. The Balaban J connectivity index is 5.38. The summed E-state index contributed by atoms with van der Waals surface area (Å²) in [5.41, 5.74) is 0. The second kappa shape index (κ2) is 5.28. The third-order valence-corrected chi connectivity index (χ3v) is 1.71. The number of ether oxygens (including phenoxy) is 2. The molecule has 0 aliphatic heterocycles. The first-order valence-electron chi connectivity index (χ1n) is 4.45. The minimum Gasteiger partial charge on any atom is -0.480 e. The van der Waals surface area contributed by atoms with Crippen molar-refractivity contribution in [2.45, 2.75) is 26.6 Å². The van der Waals surface area contributed by atoms with Crippen molar-refractivity contribution in [2.24, 2.45) is 5.92 Å². The lowest BCUT2D eigenvalue weighted by atomic mass is 10.00. The smallest absolute Gasteiger partial charge is 0.326 e. The first-order chi connectivity index (χ1) is 7.60. The van der Waals surface area contributed by atoms with E-state index in [0.29, 0.717) is 0 Å². The average Bonchev–Trinajstić information content (AvgIpc) is 1.95. The Kier molecular flexibility index (Phi) is 4.62. The topological polar surface area (TPSA) is 127 Å². The molecule has 0 spiro atoms. The fourth-order valence-electron chi connectivity index (χ4n) is 1.26. The first kappa shape index (κ1) is 14.9. The van der Waals surface area contributed by atoms with Gasteiger partial charge < -0.3 is 19.7 Å². The number of hydrogen-bond donors (Lipinski definition) is 2. The molecule has 0 bridgehead atoms. The maximum atomic E-state index is 10.8. The van der Waals surface area contributed by atoms with Crippen molar-refractivity contribution in [1.29, 1.82) is 0 Å². The fourth-order valence-corrected chi connectivity index (χ4v) is 1.26. The van der Waals surface area contributed by atoms with E-state index < -0.39 is 35.6 Å². The molecule has 2 N–H and O–H groups in total. The van der Waals surface area contributed by atoms with Crippen LogP contribution in [0.5, 0.6) is 0 Å². The van der Waals surface area contributed by atoms with Gasteiger partial charge in [-0.15, -0.1) is 0 Å². The molecule has 0 radical (unpaired) electrons. The standard InChI is InChI=1S/C9H12O8/c1-4(10)16-9(3,17-5(2)11)6(7(12)13)8(14)15/h6H,1-3H3,(H,12,13)(H,14,15). The van der Waals surface area contributed by atoms with Crippen LogP contribution in [0.25, 0.3) is 0 Å². The average molecular weight is 248 g/mol. The summed E-state index contributed by atoms with van der Waals surface area (Å²) in [5.74, 6) is -10.1. The van der Waals surface area contributed by atoms with Crippen LogP contribution >= 0.6 is 0 Å². The molecule has 0 heterocycles. The Bertz CT molecular complexity index is 328. The van der Waals surface area contributed by atoms with E-state index in [0.717, 1.165) is 20.8 Å². The van der Waals surface area contributed by atoms with Gasteiger partial charge in [0.05, 0.1) is 0 Å². The van der Waals surface area contributed by atoms with Crippen molar-refractivity contribution in [3.05, 3.63) is 0 Å². The third kappa shape index (κ3) is 4.09. The number of carbonyl (C=O) groups excluding carboxylic acids is 2. The van der Waals surface area contributed by atoms with E-state index in [9.17, 15) is 19.2 Å². The van der Waals surface area contributed by atoms with Crippen molar-refractivity contribution >= 4 is 23.9 Å². The van der Waals surface area contributed by atoms with Crippen LogP contribution in [0.3, 0.4) is 0 Å². The number of aliphatic carboxylic acids is 2. The number of hydrogen-bond acceptors (Lipinski definition) is 6. The Morgan fingerprint density at radius 3 is 1.41 bits per heavy atom. The van der Waals surface area contributed by atoms with E-state index in [-0.39, 0.29) is 0 Å². The van der Waals surface area contributed by atoms with Crippen molar-refractivity contribution in [1.82, 2.24) is 0 Å².